The van der Waals surface area contributed by atoms with Crippen LogP contribution < -0.4 is 10.4 Å². The Balaban J connectivity index is 2.13. The summed E-state index contributed by atoms with van der Waals surface area (Å²) >= 11 is 0. The number of rotatable bonds is 7. The summed E-state index contributed by atoms with van der Waals surface area (Å²) in [7, 11) is 0. The lowest BCUT2D eigenvalue weighted by Gasteiger charge is -2.24. The largest absolute Gasteiger partial charge is 0.370 e. The average Bonchev–Trinajstić information content (AvgIpc) is 2.51. The summed E-state index contributed by atoms with van der Waals surface area (Å²) in [5.41, 5.74) is 1.24. The molecule has 0 saturated carbocycles. The minimum absolute atomic E-state index is 0.193. The molecule has 21 heavy (non-hydrogen) atoms. The number of anilines is 2. The van der Waals surface area contributed by atoms with Gasteiger partial charge in [0.15, 0.2) is 5.82 Å². The first-order chi connectivity index (χ1) is 10.2. The lowest BCUT2D eigenvalue weighted by Crippen LogP contribution is -2.29. The quantitative estimate of drug-likeness (QED) is 0.781. The lowest BCUT2D eigenvalue weighted by molar-refractivity contribution is -0.145. The fourth-order valence-electron chi connectivity index (χ4n) is 2.34. The van der Waals surface area contributed by atoms with Crippen molar-refractivity contribution in [3.05, 3.63) is 17.7 Å². The van der Waals surface area contributed by atoms with Crippen molar-refractivity contribution in [3.8, 4) is 0 Å². The molecule has 0 fully saturated rings. The smallest absolute Gasteiger partial charge is 0.332 e. The van der Waals surface area contributed by atoms with Crippen molar-refractivity contribution in [1.82, 2.24) is 4.98 Å². The molecule has 1 aromatic heterocycles. The Morgan fingerprint density at radius 1 is 1.38 bits per heavy atom. The summed E-state index contributed by atoms with van der Waals surface area (Å²) in [5.74, 6) is 1.44. The van der Waals surface area contributed by atoms with Gasteiger partial charge in [-0.2, -0.15) is 5.06 Å². The molecule has 0 amide bonds. The summed E-state index contributed by atoms with van der Waals surface area (Å²) in [6.45, 7) is 5.72. The molecule has 1 N–H and O–H groups in total. The zero-order valence-electron chi connectivity index (χ0n) is 13.0. The van der Waals surface area contributed by atoms with Crippen molar-refractivity contribution in [2.45, 2.75) is 52.4 Å². The molecule has 0 aliphatic carbocycles. The van der Waals surface area contributed by atoms with E-state index in [2.05, 4.69) is 23.3 Å². The monoisotopic (exact) mass is 291 g/mol. The van der Waals surface area contributed by atoms with Gasteiger partial charge in [-0.05, 0) is 37.3 Å². The van der Waals surface area contributed by atoms with E-state index in [1.54, 1.807) is 5.06 Å². The van der Waals surface area contributed by atoms with Gasteiger partial charge in [0.25, 0.3) is 0 Å². The van der Waals surface area contributed by atoms with Crippen LogP contribution in [0.4, 0.5) is 11.6 Å². The van der Waals surface area contributed by atoms with E-state index in [9.17, 15) is 4.79 Å². The Morgan fingerprint density at radius 3 is 3.00 bits per heavy atom. The number of nitrogens with zero attached hydrogens (tertiary/aromatic N) is 2. The van der Waals surface area contributed by atoms with E-state index in [-0.39, 0.29) is 5.97 Å². The van der Waals surface area contributed by atoms with Crippen LogP contribution in [0.5, 0.6) is 0 Å². The van der Waals surface area contributed by atoms with Crippen LogP contribution >= 0.6 is 0 Å². The number of carbonyl (C=O) groups excluding carboxylic acids is 1. The van der Waals surface area contributed by atoms with Gasteiger partial charge in [0.05, 0.1) is 6.54 Å². The van der Waals surface area contributed by atoms with Gasteiger partial charge in [0, 0.05) is 13.0 Å². The number of aromatic nitrogens is 1. The zero-order chi connectivity index (χ0) is 15.1. The molecular formula is C16H25N3O2. The number of unbranched alkanes of at least 4 members (excludes halogenated alkanes) is 1. The fraction of sp³-hybridized carbons (Fsp3) is 0.625. The highest BCUT2D eigenvalue weighted by Crippen LogP contribution is 2.24. The van der Waals surface area contributed by atoms with E-state index >= 15 is 0 Å². The van der Waals surface area contributed by atoms with Crippen LogP contribution in [0, 0.1) is 0 Å². The van der Waals surface area contributed by atoms with Crippen molar-refractivity contribution in [1.29, 1.82) is 0 Å². The second-order valence-corrected chi connectivity index (χ2v) is 5.38. The standard InChI is InChI=1S/C16H25N3O2/c1-3-5-12-19(21-15(20)7-4-2)14-10-9-13-8-6-11-17-16(13)18-14/h9-10H,3-8,11-12H2,1-2H3,(H,17,18). The Bertz CT molecular complexity index is 477. The minimum Gasteiger partial charge on any atom is -0.370 e. The minimum atomic E-state index is -0.193. The first-order valence-corrected chi connectivity index (χ1v) is 7.96. The summed E-state index contributed by atoms with van der Waals surface area (Å²) in [5, 5.41) is 4.95. The molecule has 0 atom stereocenters. The number of hydrogen-bond acceptors (Lipinski definition) is 5. The van der Waals surface area contributed by atoms with E-state index in [1.165, 1.54) is 5.56 Å². The number of nitrogens with one attached hydrogen (secondary N) is 1. The van der Waals surface area contributed by atoms with Gasteiger partial charge in [-0.1, -0.05) is 26.3 Å². The van der Waals surface area contributed by atoms with Crippen molar-refractivity contribution in [2.24, 2.45) is 0 Å². The molecule has 0 radical (unpaired) electrons. The SMILES string of the molecule is CCCCN(OC(=O)CCC)c1ccc2c(n1)NCCC2. The number of hydrogen-bond donors (Lipinski definition) is 1. The maximum Gasteiger partial charge on any atom is 0.332 e. The van der Waals surface area contributed by atoms with Gasteiger partial charge < -0.3 is 10.2 Å². The lowest BCUT2D eigenvalue weighted by atomic mass is 10.1. The number of carbonyl (C=O) groups is 1. The van der Waals surface area contributed by atoms with Crippen LogP contribution in [0.3, 0.4) is 0 Å². The molecule has 5 heteroatoms. The number of hydroxylamine groups is 1. The first-order valence-electron chi connectivity index (χ1n) is 7.96. The van der Waals surface area contributed by atoms with Gasteiger partial charge in [0.1, 0.15) is 5.82 Å². The second-order valence-electron chi connectivity index (χ2n) is 5.38. The highest BCUT2D eigenvalue weighted by molar-refractivity contribution is 5.70. The average molecular weight is 291 g/mol. The maximum absolute atomic E-state index is 11.8. The summed E-state index contributed by atoms with van der Waals surface area (Å²) in [4.78, 5) is 21.9. The van der Waals surface area contributed by atoms with Gasteiger partial charge in [0.2, 0.25) is 0 Å². The van der Waals surface area contributed by atoms with Crippen molar-refractivity contribution in [2.75, 3.05) is 23.5 Å². The first kappa shape index (κ1) is 15.6. The predicted molar refractivity (Wildman–Crippen MR) is 84.3 cm³/mol. The van der Waals surface area contributed by atoms with Gasteiger partial charge in [-0.25, -0.2) is 9.78 Å². The van der Waals surface area contributed by atoms with Crippen molar-refractivity contribution < 1.29 is 9.63 Å². The summed E-state index contributed by atoms with van der Waals surface area (Å²) < 4.78 is 0. The zero-order valence-corrected chi connectivity index (χ0v) is 13.0. The van der Waals surface area contributed by atoms with Crippen LogP contribution in [0.15, 0.2) is 12.1 Å². The van der Waals surface area contributed by atoms with Crippen LogP contribution in [-0.2, 0) is 16.1 Å². The summed E-state index contributed by atoms with van der Waals surface area (Å²) in [6.07, 6.45) is 5.43. The Kier molecular flexibility index (Phi) is 5.84. The number of pyridine rings is 1. The normalized spacial score (nSPS) is 13.2. The fourth-order valence-corrected chi connectivity index (χ4v) is 2.34. The molecule has 0 aromatic carbocycles. The topological polar surface area (TPSA) is 54.5 Å². The van der Waals surface area contributed by atoms with Crippen LogP contribution in [-0.4, -0.2) is 24.0 Å². The summed E-state index contributed by atoms with van der Waals surface area (Å²) in [6, 6.07) is 4.02. The molecule has 0 spiro atoms. The molecule has 0 saturated heterocycles. The molecule has 5 nitrogen and oxygen atoms in total. The van der Waals surface area contributed by atoms with E-state index in [4.69, 9.17) is 4.84 Å². The van der Waals surface area contributed by atoms with E-state index in [0.29, 0.717) is 18.8 Å². The molecule has 116 valence electrons. The third-order valence-electron chi connectivity index (χ3n) is 3.52. The molecule has 0 bridgehead atoms. The molecule has 1 aromatic rings. The predicted octanol–water partition coefficient (Wildman–Crippen LogP) is 3.30. The molecular weight excluding hydrogens is 266 g/mol. The highest BCUT2D eigenvalue weighted by atomic mass is 16.7. The third-order valence-corrected chi connectivity index (χ3v) is 3.52. The highest BCUT2D eigenvalue weighted by Gasteiger charge is 2.17. The van der Waals surface area contributed by atoms with Crippen molar-refractivity contribution in [3.63, 3.8) is 0 Å². The van der Waals surface area contributed by atoms with Crippen LogP contribution in [0.1, 0.15) is 51.5 Å². The Labute approximate surface area is 126 Å². The van der Waals surface area contributed by atoms with Crippen molar-refractivity contribution >= 4 is 17.6 Å². The number of aryl methyl sites for hydroxylation is 1. The third kappa shape index (κ3) is 4.34. The van der Waals surface area contributed by atoms with Crippen LogP contribution in [0.25, 0.3) is 0 Å². The Morgan fingerprint density at radius 2 is 2.24 bits per heavy atom. The number of fused-ring (bicyclic) bond motifs is 1. The van der Waals surface area contributed by atoms with E-state index in [0.717, 1.165) is 44.5 Å². The van der Waals surface area contributed by atoms with Gasteiger partial charge in [-0.15, -0.1) is 0 Å². The molecule has 1 aliphatic heterocycles. The molecule has 1 aliphatic rings. The maximum atomic E-state index is 11.8. The van der Waals surface area contributed by atoms with E-state index in [1.807, 2.05) is 13.0 Å². The van der Waals surface area contributed by atoms with Gasteiger partial charge in [-0.3, -0.25) is 0 Å². The van der Waals surface area contributed by atoms with Crippen LogP contribution in [0.2, 0.25) is 0 Å². The molecule has 0 unspecified atom stereocenters. The Hall–Kier alpha value is -1.78. The molecule has 2 rings (SSSR count). The second kappa shape index (κ2) is 7.86. The van der Waals surface area contributed by atoms with Gasteiger partial charge >= 0.3 is 5.97 Å². The molecule has 2 heterocycles. The van der Waals surface area contributed by atoms with E-state index < -0.39 is 0 Å².